The van der Waals surface area contributed by atoms with Crippen molar-refractivity contribution in [2.45, 2.75) is 52.0 Å². The minimum Gasteiger partial charge on any atom is -0.334 e. The highest BCUT2D eigenvalue weighted by Gasteiger charge is 2.36. The molecule has 2 aromatic rings. The number of nitrogens with two attached hydrogens (primary N) is 1. The molecular formula is C16H22N4O. The zero-order chi connectivity index (χ0) is 15.0. The molecule has 5 heteroatoms. The number of nitrogens with zero attached hydrogens (tertiary/aromatic N) is 3. The molecule has 0 aliphatic heterocycles. The molecule has 0 saturated heterocycles. The van der Waals surface area contributed by atoms with E-state index >= 15 is 0 Å². The maximum absolute atomic E-state index is 6.50. The Bertz CT molecular complexity index is 641. The van der Waals surface area contributed by atoms with Crippen molar-refractivity contribution in [1.82, 2.24) is 15.1 Å². The Kier molecular flexibility index (Phi) is 3.53. The van der Waals surface area contributed by atoms with Crippen molar-refractivity contribution in [2.75, 3.05) is 0 Å². The van der Waals surface area contributed by atoms with Gasteiger partial charge in [0.1, 0.15) is 0 Å². The first-order chi connectivity index (χ1) is 9.98. The van der Waals surface area contributed by atoms with Gasteiger partial charge in [0.05, 0.1) is 16.8 Å². The van der Waals surface area contributed by atoms with Crippen LogP contribution in [0.5, 0.6) is 0 Å². The molecule has 0 aromatic carbocycles. The number of aryl methyl sites for hydroxylation is 2. The molecule has 0 unspecified atom stereocenters. The van der Waals surface area contributed by atoms with E-state index in [4.69, 9.17) is 10.3 Å². The second-order valence-corrected chi connectivity index (χ2v) is 6.35. The number of aromatic nitrogens is 3. The fourth-order valence-electron chi connectivity index (χ4n) is 2.95. The summed E-state index contributed by atoms with van der Waals surface area (Å²) in [6, 6.07) is 3.92. The summed E-state index contributed by atoms with van der Waals surface area (Å²) in [6.07, 6.45) is 4.06. The van der Waals surface area contributed by atoms with E-state index in [1.54, 1.807) is 0 Å². The zero-order valence-corrected chi connectivity index (χ0v) is 12.9. The van der Waals surface area contributed by atoms with Crippen LogP contribution in [0.25, 0.3) is 11.5 Å². The Morgan fingerprint density at radius 2 is 1.90 bits per heavy atom. The second-order valence-electron chi connectivity index (χ2n) is 6.35. The van der Waals surface area contributed by atoms with Crippen molar-refractivity contribution in [2.24, 2.45) is 11.7 Å². The molecular weight excluding hydrogens is 264 g/mol. The smallest absolute Gasteiger partial charge is 0.259 e. The third kappa shape index (κ3) is 2.70. The number of hydrogen-bond acceptors (Lipinski definition) is 5. The van der Waals surface area contributed by atoms with Gasteiger partial charge in [0.15, 0.2) is 5.82 Å². The molecule has 2 N–H and O–H groups in total. The summed E-state index contributed by atoms with van der Waals surface area (Å²) < 4.78 is 5.44. The molecule has 2 heterocycles. The monoisotopic (exact) mass is 286 g/mol. The Hall–Kier alpha value is -1.75. The lowest BCUT2D eigenvalue weighted by molar-refractivity contribution is 0.230. The average molecular weight is 286 g/mol. The van der Waals surface area contributed by atoms with Crippen molar-refractivity contribution in [3.8, 4) is 11.5 Å². The van der Waals surface area contributed by atoms with Crippen molar-refractivity contribution in [1.29, 1.82) is 0 Å². The quantitative estimate of drug-likeness (QED) is 0.917. The topological polar surface area (TPSA) is 77.8 Å². The molecule has 112 valence electrons. The molecule has 3 rings (SSSR count). The van der Waals surface area contributed by atoms with Gasteiger partial charge in [-0.25, -0.2) is 0 Å². The molecule has 0 spiro atoms. The Balaban J connectivity index is 1.89. The van der Waals surface area contributed by atoms with E-state index in [0.717, 1.165) is 48.6 Å². The van der Waals surface area contributed by atoms with Crippen LogP contribution in [0.1, 0.15) is 49.8 Å². The maximum Gasteiger partial charge on any atom is 0.259 e. The van der Waals surface area contributed by atoms with Gasteiger partial charge in [-0.1, -0.05) is 12.1 Å². The van der Waals surface area contributed by atoms with Crippen molar-refractivity contribution in [3.05, 3.63) is 29.3 Å². The summed E-state index contributed by atoms with van der Waals surface area (Å²) in [4.78, 5) is 8.99. The molecule has 5 nitrogen and oxygen atoms in total. The van der Waals surface area contributed by atoms with Crippen molar-refractivity contribution >= 4 is 0 Å². The van der Waals surface area contributed by atoms with E-state index in [1.807, 2.05) is 26.0 Å². The Morgan fingerprint density at radius 3 is 2.57 bits per heavy atom. The molecule has 2 aromatic heterocycles. The third-order valence-corrected chi connectivity index (χ3v) is 4.49. The summed E-state index contributed by atoms with van der Waals surface area (Å²) in [5.41, 5.74) is 8.81. The summed E-state index contributed by atoms with van der Waals surface area (Å²) in [6.45, 7) is 6.18. The van der Waals surface area contributed by atoms with E-state index in [2.05, 4.69) is 22.0 Å². The zero-order valence-electron chi connectivity index (χ0n) is 12.9. The first-order valence-corrected chi connectivity index (χ1v) is 7.56. The van der Waals surface area contributed by atoms with E-state index in [9.17, 15) is 0 Å². The SMILES string of the molecule is Cc1ccc(-c2nc(C3(N)CCC(C)CC3)no2)c(C)n1. The summed E-state index contributed by atoms with van der Waals surface area (Å²) in [7, 11) is 0. The van der Waals surface area contributed by atoms with E-state index in [0.29, 0.717) is 11.7 Å². The largest absolute Gasteiger partial charge is 0.334 e. The van der Waals surface area contributed by atoms with Crippen molar-refractivity contribution in [3.63, 3.8) is 0 Å². The van der Waals surface area contributed by atoms with Gasteiger partial charge in [-0.15, -0.1) is 0 Å². The van der Waals surface area contributed by atoms with Crippen LogP contribution in [0.4, 0.5) is 0 Å². The number of pyridine rings is 1. The third-order valence-electron chi connectivity index (χ3n) is 4.49. The molecule has 1 aliphatic carbocycles. The van der Waals surface area contributed by atoms with Crippen LogP contribution >= 0.6 is 0 Å². The lowest BCUT2D eigenvalue weighted by Crippen LogP contribution is -2.41. The van der Waals surface area contributed by atoms with Crippen LogP contribution in [0.2, 0.25) is 0 Å². The van der Waals surface area contributed by atoms with Crippen LogP contribution in [0, 0.1) is 19.8 Å². The van der Waals surface area contributed by atoms with Crippen LogP contribution in [-0.2, 0) is 5.54 Å². The molecule has 0 radical (unpaired) electrons. The van der Waals surface area contributed by atoms with Crippen LogP contribution in [0.3, 0.4) is 0 Å². The van der Waals surface area contributed by atoms with Gasteiger partial charge in [-0.3, -0.25) is 4.98 Å². The average Bonchev–Trinajstić information content (AvgIpc) is 2.92. The molecule has 0 atom stereocenters. The van der Waals surface area contributed by atoms with E-state index in [1.165, 1.54) is 0 Å². The fourth-order valence-corrected chi connectivity index (χ4v) is 2.95. The molecule has 1 aliphatic rings. The van der Waals surface area contributed by atoms with Gasteiger partial charge in [0.25, 0.3) is 5.89 Å². The lowest BCUT2D eigenvalue weighted by atomic mass is 9.77. The Morgan fingerprint density at radius 1 is 1.19 bits per heavy atom. The summed E-state index contributed by atoms with van der Waals surface area (Å²) >= 11 is 0. The summed E-state index contributed by atoms with van der Waals surface area (Å²) in [5, 5.41) is 4.14. The molecule has 1 saturated carbocycles. The highest BCUT2D eigenvalue weighted by Crippen LogP contribution is 2.36. The maximum atomic E-state index is 6.50. The molecule has 21 heavy (non-hydrogen) atoms. The van der Waals surface area contributed by atoms with Crippen LogP contribution in [-0.4, -0.2) is 15.1 Å². The van der Waals surface area contributed by atoms with Gasteiger partial charge >= 0.3 is 0 Å². The van der Waals surface area contributed by atoms with Gasteiger partial charge < -0.3 is 10.3 Å². The fraction of sp³-hybridized carbons (Fsp3) is 0.562. The summed E-state index contributed by atoms with van der Waals surface area (Å²) in [5.74, 6) is 1.87. The normalized spacial score (nSPS) is 26.0. The molecule has 0 amide bonds. The van der Waals surface area contributed by atoms with Crippen LogP contribution < -0.4 is 5.73 Å². The second kappa shape index (κ2) is 5.22. The minimum absolute atomic E-state index is 0.444. The lowest BCUT2D eigenvalue weighted by Gasteiger charge is -2.33. The van der Waals surface area contributed by atoms with Gasteiger partial charge in [-0.05, 0) is 57.6 Å². The van der Waals surface area contributed by atoms with Gasteiger partial charge in [0.2, 0.25) is 0 Å². The standard InChI is InChI=1S/C16H22N4O/c1-10-6-8-16(17,9-7-10)15-19-14(21-20-15)13-5-4-11(2)18-12(13)3/h4-5,10H,6-9,17H2,1-3H3. The Labute approximate surface area is 125 Å². The first-order valence-electron chi connectivity index (χ1n) is 7.56. The highest BCUT2D eigenvalue weighted by molar-refractivity contribution is 5.56. The molecule has 0 bridgehead atoms. The highest BCUT2D eigenvalue weighted by atomic mass is 16.5. The minimum atomic E-state index is -0.444. The predicted molar refractivity (Wildman–Crippen MR) is 80.5 cm³/mol. The number of rotatable bonds is 2. The van der Waals surface area contributed by atoms with Gasteiger partial charge in [-0.2, -0.15) is 4.98 Å². The van der Waals surface area contributed by atoms with Crippen LogP contribution in [0.15, 0.2) is 16.7 Å². The predicted octanol–water partition coefficient (Wildman–Crippen LogP) is 3.11. The first kappa shape index (κ1) is 14.2. The van der Waals surface area contributed by atoms with E-state index in [-0.39, 0.29) is 0 Å². The molecule has 1 fully saturated rings. The number of hydrogen-bond donors (Lipinski definition) is 1. The van der Waals surface area contributed by atoms with Gasteiger partial charge in [0, 0.05) is 5.69 Å². The van der Waals surface area contributed by atoms with E-state index < -0.39 is 5.54 Å². The van der Waals surface area contributed by atoms with Crippen molar-refractivity contribution < 1.29 is 4.52 Å².